The molecule has 2 rings (SSSR count). The summed E-state index contributed by atoms with van der Waals surface area (Å²) < 4.78 is 10.4. The summed E-state index contributed by atoms with van der Waals surface area (Å²) in [5, 5.41) is 0. The largest absolute Gasteiger partial charge is 0.497 e. The zero-order chi connectivity index (χ0) is 18.8. The van der Waals surface area contributed by atoms with E-state index in [4.69, 9.17) is 9.47 Å². The van der Waals surface area contributed by atoms with Crippen LogP contribution in [0.2, 0.25) is 0 Å². The van der Waals surface area contributed by atoms with Crippen molar-refractivity contribution in [3.8, 4) is 5.75 Å². The molecule has 0 radical (unpaired) electrons. The van der Waals surface area contributed by atoms with Crippen molar-refractivity contribution in [2.75, 3.05) is 53.6 Å². The van der Waals surface area contributed by atoms with Gasteiger partial charge in [0.1, 0.15) is 5.75 Å². The number of carbonyl (C=O) groups is 1. The minimum atomic E-state index is 0.211. The van der Waals surface area contributed by atoms with E-state index in [1.165, 1.54) is 18.4 Å². The fraction of sp³-hybridized carbons (Fsp3) is 0.667. The van der Waals surface area contributed by atoms with Gasteiger partial charge < -0.3 is 19.3 Å². The number of hydrogen-bond acceptors (Lipinski definition) is 4. The van der Waals surface area contributed by atoms with Crippen molar-refractivity contribution < 1.29 is 14.3 Å². The summed E-state index contributed by atoms with van der Waals surface area (Å²) in [5.74, 6) is 1.70. The van der Waals surface area contributed by atoms with Gasteiger partial charge in [-0.3, -0.25) is 4.79 Å². The molecule has 146 valence electrons. The molecule has 5 nitrogen and oxygen atoms in total. The van der Waals surface area contributed by atoms with Crippen LogP contribution < -0.4 is 4.74 Å². The number of piperidine rings is 1. The number of ether oxygens (including phenoxy) is 2. The predicted molar refractivity (Wildman–Crippen MR) is 105 cm³/mol. The van der Waals surface area contributed by atoms with Crippen molar-refractivity contribution in [1.82, 2.24) is 9.80 Å². The molecule has 0 N–H and O–H groups in total. The summed E-state index contributed by atoms with van der Waals surface area (Å²) in [7, 11) is 3.35. The second-order valence-electron chi connectivity index (χ2n) is 7.09. The first-order chi connectivity index (χ1) is 12.7. The van der Waals surface area contributed by atoms with E-state index in [0.717, 1.165) is 44.9 Å². The number of hydrogen-bond donors (Lipinski definition) is 0. The maximum absolute atomic E-state index is 12.3. The molecular weight excluding hydrogens is 328 g/mol. The molecule has 0 saturated carbocycles. The number of amides is 1. The van der Waals surface area contributed by atoms with Crippen molar-refractivity contribution >= 4 is 5.91 Å². The van der Waals surface area contributed by atoms with Gasteiger partial charge >= 0.3 is 0 Å². The first-order valence-electron chi connectivity index (χ1n) is 9.78. The Kier molecular flexibility index (Phi) is 8.92. The lowest BCUT2D eigenvalue weighted by Crippen LogP contribution is -2.43. The van der Waals surface area contributed by atoms with Gasteiger partial charge in [-0.2, -0.15) is 0 Å². The molecule has 1 amide bonds. The Bertz CT molecular complexity index is 550. The highest BCUT2D eigenvalue weighted by Gasteiger charge is 2.23. The minimum Gasteiger partial charge on any atom is -0.497 e. The first-order valence-corrected chi connectivity index (χ1v) is 9.78. The zero-order valence-electron chi connectivity index (χ0n) is 16.6. The van der Waals surface area contributed by atoms with Gasteiger partial charge in [0, 0.05) is 33.3 Å². The summed E-state index contributed by atoms with van der Waals surface area (Å²) in [4.78, 5) is 16.8. The highest BCUT2D eigenvalue weighted by atomic mass is 16.5. The fourth-order valence-corrected chi connectivity index (χ4v) is 3.69. The number of nitrogens with zero attached hydrogens (tertiary/aromatic N) is 2. The van der Waals surface area contributed by atoms with E-state index in [-0.39, 0.29) is 5.91 Å². The summed E-state index contributed by atoms with van der Waals surface area (Å²) in [6.07, 6.45) is 3.95. The second-order valence-corrected chi connectivity index (χ2v) is 7.09. The third-order valence-electron chi connectivity index (χ3n) is 5.19. The van der Waals surface area contributed by atoms with E-state index in [9.17, 15) is 4.79 Å². The smallest absolute Gasteiger partial charge is 0.224 e. The first kappa shape index (κ1) is 20.7. The van der Waals surface area contributed by atoms with E-state index in [2.05, 4.69) is 30.0 Å². The van der Waals surface area contributed by atoms with E-state index in [1.807, 2.05) is 11.0 Å². The van der Waals surface area contributed by atoms with Gasteiger partial charge in [-0.05, 0) is 56.3 Å². The van der Waals surface area contributed by atoms with Crippen LogP contribution in [0.3, 0.4) is 0 Å². The summed E-state index contributed by atoms with van der Waals surface area (Å²) in [6.45, 7) is 7.52. The van der Waals surface area contributed by atoms with Crippen LogP contribution in [-0.2, 0) is 16.0 Å². The Labute approximate surface area is 158 Å². The lowest BCUT2D eigenvalue weighted by molar-refractivity contribution is -0.132. The van der Waals surface area contributed by atoms with Gasteiger partial charge in [-0.15, -0.1) is 0 Å². The van der Waals surface area contributed by atoms with Crippen LogP contribution in [0.5, 0.6) is 5.75 Å². The molecule has 1 aromatic carbocycles. The summed E-state index contributed by atoms with van der Waals surface area (Å²) in [6, 6.07) is 8.32. The van der Waals surface area contributed by atoms with E-state index in [0.29, 0.717) is 18.9 Å². The molecule has 0 bridgehead atoms. The number of carbonyl (C=O) groups excluding carboxylic acids is 1. The monoisotopic (exact) mass is 362 g/mol. The molecule has 1 saturated heterocycles. The minimum absolute atomic E-state index is 0.211. The normalized spacial score (nSPS) is 17.9. The van der Waals surface area contributed by atoms with Crippen LogP contribution in [-0.4, -0.2) is 69.3 Å². The topological polar surface area (TPSA) is 42.0 Å². The molecule has 26 heavy (non-hydrogen) atoms. The summed E-state index contributed by atoms with van der Waals surface area (Å²) >= 11 is 0. The van der Waals surface area contributed by atoms with E-state index < -0.39 is 0 Å². The SMILES string of the molecule is CCN(C[C@H]1CCCN(CCc2cccc(OC)c2)C1)C(=O)CCOC. The molecule has 5 heteroatoms. The maximum atomic E-state index is 12.3. The quantitative estimate of drug-likeness (QED) is 0.642. The molecule has 0 aromatic heterocycles. The van der Waals surface area contributed by atoms with Crippen molar-refractivity contribution in [3.05, 3.63) is 29.8 Å². The Balaban J connectivity index is 1.81. The number of benzene rings is 1. The molecule has 1 atom stereocenters. The average Bonchev–Trinajstić information content (AvgIpc) is 2.69. The van der Waals surface area contributed by atoms with Crippen LogP contribution in [0.25, 0.3) is 0 Å². The maximum Gasteiger partial charge on any atom is 0.224 e. The number of methoxy groups -OCH3 is 2. The fourth-order valence-electron chi connectivity index (χ4n) is 3.69. The molecule has 0 unspecified atom stereocenters. The lowest BCUT2D eigenvalue weighted by Gasteiger charge is -2.35. The average molecular weight is 363 g/mol. The van der Waals surface area contributed by atoms with Gasteiger partial charge in [-0.1, -0.05) is 12.1 Å². The number of likely N-dealkylation sites (tertiary alicyclic amines) is 1. The third-order valence-corrected chi connectivity index (χ3v) is 5.19. The zero-order valence-corrected chi connectivity index (χ0v) is 16.6. The molecule has 1 aromatic rings. The van der Waals surface area contributed by atoms with Gasteiger partial charge in [0.25, 0.3) is 0 Å². The Hall–Kier alpha value is -1.59. The van der Waals surface area contributed by atoms with Crippen molar-refractivity contribution in [1.29, 1.82) is 0 Å². The Morgan fingerprint density at radius 3 is 2.92 bits per heavy atom. The molecule has 0 aliphatic carbocycles. The summed E-state index contributed by atoms with van der Waals surface area (Å²) in [5.41, 5.74) is 1.32. The van der Waals surface area contributed by atoms with Crippen LogP contribution in [0, 0.1) is 5.92 Å². The molecule has 1 heterocycles. The van der Waals surface area contributed by atoms with Crippen molar-refractivity contribution in [2.45, 2.75) is 32.6 Å². The third kappa shape index (κ3) is 6.61. The highest BCUT2D eigenvalue weighted by molar-refractivity contribution is 5.76. The molecule has 0 spiro atoms. The van der Waals surface area contributed by atoms with E-state index >= 15 is 0 Å². The number of rotatable bonds is 10. The van der Waals surface area contributed by atoms with Crippen molar-refractivity contribution in [3.63, 3.8) is 0 Å². The molecule has 1 aliphatic rings. The van der Waals surface area contributed by atoms with Crippen molar-refractivity contribution in [2.24, 2.45) is 5.92 Å². The highest BCUT2D eigenvalue weighted by Crippen LogP contribution is 2.19. The molecule has 1 fully saturated rings. The van der Waals surface area contributed by atoms with Gasteiger partial charge in [0.2, 0.25) is 5.91 Å². The van der Waals surface area contributed by atoms with Crippen LogP contribution in [0.15, 0.2) is 24.3 Å². The predicted octanol–water partition coefficient (Wildman–Crippen LogP) is 2.83. The molecule has 1 aliphatic heterocycles. The van der Waals surface area contributed by atoms with Crippen LogP contribution >= 0.6 is 0 Å². The van der Waals surface area contributed by atoms with Gasteiger partial charge in [0.05, 0.1) is 20.1 Å². The Morgan fingerprint density at radius 2 is 2.19 bits per heavy atom. The van der Waals surface area contributed by atoms with Gasteiger partial charge in [-0.25, -0.2) is 0 Å². The van der Waals surface area contributed by atoms with Gasteiger partial charge in [0.15, 0.2) is 0 Å². The molecular formula is C21H34N2O3. The Morgan fingerprint density at radius 1 is 1.35 bits per heavy atom. The van der Waals surface area contributed by atoms with Crippen LogP contribution in [0.4, 0.5) is 0 Å². The standard InChI is InChI=1S/C21H34N2O3/c1-4-23(21(24)11-14-25-2)17-19-8-6-12-22(16-19)13-10-18-7-5-9-20(15-18)26-3/h5,7,9,15,19H,4,6,8,10-14,16-17H2,1-3H3/t19-/m0/s1. The lowest BCUT2D eigenvalue weighted by atomic mass is 9.96. The second kappa shape index (κ2) is 11.2. The van der Waals surface area contributed by atoms with Crippen LogP contribution in [0.1, 0.15) is 31.7 Å². The van der Waals surface area contributed by atoms with E-state index in [1.54, 1.807) is 14.2 Å².